The number of allylic oxidation sites excluding steroid dienone is 3. The summed E-state index contributed by atoms with van der Waals surface area (Å²) in [7, 11) is 0. The van der Waals surface area contributed by atoms with E-state index in [2.05, 4.69) is 31.3 Å². The Balaban J connectivity index is 3.44. The Morgan fingerprint density at radius 1 is 0.397 bits per heavy atom. The molecule has 0 bridgehead atoms. The fraction of sp³-hybridized carbons (Fsp3) is 0.903. The van der Waals surface area contributed by atoms with Gasteiger partial charge in [0.1, 0.15) is 0 Å². The third-order valence-corrected chi connectivity index (χ3v) is 14.2. The molecule has 6 nitrogen and oxygen atoms in total. The Kier molecular flexibility index (Phi) is 56.5. The van der Waals surface area contributed by atoms with E-state index in [0.717, 1.165) is 57.8 Å². The van der Waals surface area contributed by atoms with Crippen LogP contribution < -0.4 is 5.32 Å². The minimum absolute atomic E-state index is 0.00679. The van der Waals surface area contributed by atoms with E-state index < -0.39 is 12.1 Å². The number of unbranched alkanes of at least 4 members (excludes halogenated alkanes) is 44. The van der Waals surface area contributed by atoms with Gasteiger partial charge in [-0.15, -0.1) is 0 Å². The SMILES string of the molecule is CCCCCCCCCCCCCCC/C=C/C(O)C(CO)NC(=O)CCCCCCC/C=C\CCCCCCCCCCCOC(=O)CCCCCCCCCCCCCCCCCCCC. The number of ether oxygens (including phenoxy) is 1. The Morgan fingerprint density at radius 2 is 0.691 bits per heavy atom. The number of carbonyl (C=O) groups excluding carboxylic acids is 2. The van der Waals surface area contributed by atoms with Crippen LogP contribution in [-0.4, -0.2) is 47.4 Å². The van der Waals surface area contributed by atoms with Crippen LogP contribution in [0.1, 0.15) is 335 Å². The van der Waals surface area contributed by atoms with E-state index in [0.29, 0.717) is 19.4 Å². The monoisotopic (exact) mass is 958 g/mol. The van der Waals surface area contributed by atoms with Crippen molar-refractivity contribution in [3.63, 3.8) is 0 Å². The number of carbonyl (C=O) groups is 2. The summed E-state index contributed by atoms with van der Waals surface area (Å²) in [6, 6.07) is -0.637. The fourth-order valence-corrected chi connectivity index (χ4v) is 9.51. The number of hydrogen-bond donors (Lipinski definition) is 3. The molecule has 0 aromatic carbocycles. The van der Waals surface area contributed by atoms with Crippen LogP contribution in [0.15, 0.2) is 24.3 Å². The summed E-state index contributed by atoms with van der Waals surface area (Å²) in [5.41, 5.74) is 0. The average Bonchev–Trinajstić information content (AvgIpc) is 3.34. The molecule has 0 rings (SSSR count). The maximum absolute atomic E-state index is 12.5. The van der Waals surface area contributed by atoms with E-state index in [4.69, 9.17) is 4.74 Å². The molecule has 3 N–H and O–H groups in total. The van der Waals surface area contributed by atoms with Gasteiger partial charge in [-0.05, 0) is 57.8 Å². The van der Waals surface area contributed by atoms with Crippen LogP contribution in [0, 0.1) is 0 Å². The van der Waals surface area contributed by atoms with Crippen LogP contribution in [0.4, 0.5) is 0 Å². The molecular formula is C62H119NO5. The standard InChI is InChI=1S/C62H119NO5/c1-3-5-7-9-11-13-15-17-19-20-24-28-32-36-40-44-48-52-56-62(67)68-57-53-49-45-41-37-33-29-25-22-21-23-27-31-35-39-43-47-51-55-61(66)63-59(58-64)60(65)54-50-46-42-38-34-30-26-18-16-14-12-10-8-6-4-2/h23,27,50,54,59-60,64-65H,3-22,24-26,28-49,51-53,55-58H2,1-2H3,(H,63,66)/b27-23-,54-50+. The average molecular weight is 959 g/mol. The van der Waals surface area contributed by atoms with Crippen molar-refractivity contribution in [1.29, 1.82) is 0 Å². The largest absolute Gasteiger partial charge is 0.466 e. The number of hydrogen-bond acceptors (Lipinski definition) is 5. The van der Waals surface area contributed by atoms with Crippen molar-refractivity contribution in [2.24, 2.45) is 0 Å². The van der Waals surface area contributed by atoms with Crippen molar-refractivity contribution in [2.75, 3.05) is 13.2 Å². The minimum Gasteiger partial charge on any atom is -0.466 e. The van der Waals surface area contributed by atoms with Crippen LogP contribution in [0.25, 0.3) is 0 Å². The second-order valence-corrected chi connectivity index (χ2v) is 21.0. The topological polar surface area (TPSA) is 95.9 Å². The minimum atomic E-state index is -0.852. The highest BCUT2D eigenvalue weighted by molar-refractivity contribution is 5.76. The lowest BCUT2D eigenvalue weighted by Gasteiger charge is -2.20. The summed E-state index contributed by atoms with van der Waals surface area (Å²) in [5, 5.41) is 23.1. The molecule has 1 amide bonds. The molecule has 0 aliphatic carbocycles. The number of amides is 1. The van der Waals surface area contributed by atoms with Gasteiger partial charge in [0.15, 0.2) is 0 Å². The molecule has 0 fully saturated rings. The number of aliphatic hydroxyl groups is 2. The third-order valence-electron chi connectivity index (χ3n) is 14.2. The molecule has 0 spiro atoms. The second-order valence-electron chi connectivity index (χ2n) is 21.0. The highest BCUT2D eigenvalue weighted by Crippen LogP contribution is 2.17. The Labute approximate surface area is 424 Å². The zero-order valence-electron chi connectivity index (χ0n) is 45.9. The van der Waals surface area contributed by atoms with E-state index in [1.54, 1.807) is 6.08 Å². The number of aliphatic hydroxyl groups excluding tert-OH is 2. The number of esters is 1. The molecule has 68 heavy (non-hydrogen) atoms. The van der Waals surface area contributed by atoms with Gasteiger partial charge in [-0.2, -0.15) is 0 Å². The molecule has 0 aromatic rings. The molecule has 0 radical (unpaired) electrons. The molecule has 2 unspecified atom stereocenters. The van der Waals surface area contributed by atoms with Gasteiger partial charge in [-0.1, -0.05) is 289 Å². The molecule has 0 saturated heterocycles. The first-order chi connectivity index (χ1) is 33.5. The second kappa shape index (κ2) is 57.9. The summed E-state index contributed by atoms with van der Waals surface area (Å²) in [4.78, 5) is 24.5. The summed E-state index contributed by atoms with van der Waals surface area (Å²) < 4.78 is 5.49. The van der Waals surface area contributed by atoms with Crippen molar-refractivity contribution in [3.05, 3.63) is 24.3 Å². The summed E-state index contributed by atoms with van der Waals surface area (Å²) in [6.45, 7) is 4.91. The lowest BCUT2D eigenvalue weighted by Crippen LogP contribution is -2.45. The van der Waals surface area contributed by atoms with Gasteiger partial charge in [0, 0.05) is 12.8 Å². The summed E-state index contributed by atoms with van der Waals surface area (Å²) in [5.74, 6) is -0.0740. The quantitative estimate of drug-likeness (QED) is 0.0321. The van der Waals surface area contributed by atoms with E-state index in [1.807, 2.05) is 6.08 Å². The van der Waals surface area contributed by atoms with Crippen LogP contribution in [0.2, 0.25) is 0 Å². The van der Waals surface area contributed by atoms with Crippen molar-refractivity contribution in [1.82, 2.24) is 5.32 Å². The highest BCUT2D eigenvalue weighted by Gasteiger charge is 2.18. The first kappa shape index (κ1) is 66.3. The maximum atomic E-state index is 12.5. The molecule has 0 aromatic heterocycles. The zero-order chi connectivity index (χ0) is 49.3. The summed E-state index contributed by atoms with van der Waals surface area (Å²) >= 11 is 0. The van der Waals surface area contributed by atoms with E-state index in [1.165, 1.54) is 250 Å². The third kappa shape index (κ3) is 53.7. The molecule has 2 atom stereocenters. The number of rotatable bonds is 57. The predicted molar refractivity (Wildman–Crippen MR) is 296 cm³/mol. The fourth-order valence-electron chi connectivity index (χ4n) is 9.51. The van der Waals surface area contributed by atoms with Crippen LogP contribution in [0.3, 0.4) is 0 Å². The van der Waals surface area contributed by atoms with Crippen LogP contribution in [0.5, 0.6) is 0 Å². The highest BCUT2D eigenvalue weighted by atomic mass is 16.5. The molecule has 0 saturated carbocycles. The van der Waals surface area contributed by atoms with Crippen molar-refractivity contribution < 1.29 is 24.5 Å². The van der Waals surface area contributed by atoms with Gasteiger partial charge in [0.25, 0.3) is 0 Å². The molecule has 0 aliphatic rings. The smallest absolute Gasteiger partial charge is 0.305 e. The Bertz CT molecular complexity index is 1060. The van der Waals surface area contributed by atoms with Gasteiger partial charge in [0.05, 0.1) is 25.4 Å². The first-order valence-corrected chi connectivity index (χ1v) is 30.6. The van der Waals surface area contributed by atoms with Gasteiger partial charge < -0.3 is 20.3 Å². The van der Waals surface area contributed by atoms with Gasteiger partial charge in [-0.25, -0.2) is 0 Å². The van der Waals surface area contributed by atoms with Gasteiger partial charge in [-0.3, -0.25) is 9.59 Å². The van der Waals surface area contributed by atoms with E-state index in [-0.39, 0.29) is 18.5 Å². The van der Waals surface area contributed by atoms with E-state index >= 15 is 0 Å². The molecule has 6 heteroatoms. The lowest BCUT2D eigenvalue weighted by molar-refractivity contribution is -0.143. The van der Waals surface area contributed by atoms with Crippen molar-refractivity contribution in [2.45, 2.75) is 347 Å². The van der Waals surface area contributed by atoms with Crippen LogP contribution >= 0.6 is 0 Å². The van der Waals surface area contributed by atoms with Gasteiger partial charge in [0.2, 0.25) is 5.91 Å². The maximum Gasteiger partial charge on any atom is 0.305 e. The van der Waals surface area contributed by atoms with Crippen molar-refractivity contribution >= 4 is 11.9 Å². The van der Waals surface area contributed by atoms with Gasteiger partial charge >= 0.3 is 5.97 Å². The summed E-state index contributed by atoms with van der Waals surface area (Å²) in [6.07, 6.45) is 70.7. The first-order valence-electron chi connectivity index (χ1n) is 30.6. The van der Waals surface area contributed by atoms with Crippen molar-refractivity contribution in [3.8, 4) is 0 Å². The Morgan fingerprint density at radius 3 is 1.04 bits per heavy atom. The molecule has 402 valence electrons. The molecule has 0 aliphatic heterocycles. The lowest BCUT2D eigenvalue weighted by atomic mass is 10.0. The number of nitrogens with one attached hydrogen (secondary N) is 1. The van der Waals surface area contributed by atoms with E-state index in [9.17, 15) is 19.8 Å². The molecular weight excluding hydrogens is 839 g/mol. The zero-order valence-corrected chi connectivity index (χ0v) is 45.9. The molecule has 0 heterocycles. The normalized spacial score (nSPS) is 12.7. The van der Waals surface area contributed by atoms with Crippen LogP contribution in [-0.2, 0) is 14.3 Å². The predicted octanol–water partition coefficient (Wildman–Crippen LogP) is 19.0. The Hall–Kier alpha value is -1.66.